The van der Waals surface area contributed by atoms with Crippen LogP contribution in [0.15, 0.2) is 29.2 Å². The number of aliphatic hydroxyl groups is 1. The predicted octanol–water partition coefficient (Wildman–Crippen LogP) is -0.291. The van der Waals surface area contributed by atoms with Crippen molar-refractivity contribution in [1.82, 2.24) is 4.72 Å². The van der Waals surface area contributed by atoms with Crippen LogP contribution < -0.4 is 4.72 Å². The molecule has 1 aromatic carbocycles. The maximum Gasteiger partial charge on any atom is 0.332 e. The Morgan fingerprint density at radius 2 is 2.10 bits per heavy atom. The van der Waals surface area contributed by atoms with E-state index in [0.29, 0.717) is 0 Å². The standard InChI is InChI=1S/C10H12N2O7S/c13-9(10(14)15)4-5-11-20(18,19)8-3-1-2-7(6-8)12(16)17/h1-3,6,9,11,13H,4-5H2,(H,14,15)/t9-/m0/s1. The molecule has 10 heteroatoms. The Kier molecular flexibility index (Phi) is 5.13. The summed E-state index contributed by atoms with van der Waals surface area (Å²) in [6.07, 6.45) is -1.99. The largest absolute Gasteiger partial charge is 0.479 e. The van der Waals surface area contributed by atoms with Crippen LogP contribution in [0.5, 0.6) is 0 Å². The lowest BCUT2D eigenvalue weighted by Crippen LogP contribution is -2.30. The number of sulfonamides is 1. The monoisotopic (exact) mass is 304 g/mol. The lowest BCUT2D eigenvalue weighted by atomic mass is 10.3. The second kappa shape index (κ2) is 6.41. The van der Waals surface area contributed by atoms with Crippen LogP contribution in [-0.2, 0) is 14.8 Å². The van der Waals surface area contributed by atoms with E-state index in [4.69, 9.17) is 10.2 Å². The van der Waals surface area contributed by atoms with E-state index in [1.807, 2.05) is 0 Å². The van der Waals surface area contributed by atoms with Gasteiger partial charge in [0.05, 0.1) is 9.82 Å². The summed E-state index contributed by atoms with van der Waals surface area (Å²) < 4.78 is 25.6. The lowest BCUT2D eigenvalue weighted by Gasteiger charge is -2.08. The van der Waals surface area contributed by atoms with E-state index in [0.717, 1.165) is 12.1 Å². The molecule has 0 radical (unpaired) electrons. The predicted molar refractivity (Wildman–Crippen MR) is 66.5 cm³/mol. The van der Waals surface area contributed by atoms with Gasteiger partial charge in [-0.1, -0.05) is 6.07 Å². The first kappa shape index (κ1) is 16.0. The van der Waals surface area contributed by atoms with Crippen LogP contribution in [0.1, 0.15) is 6.42 Å². The minimum Gasteiger partial charge on any atom is -0.479 e. The van der Waals surface area contributed by atoms with Crippen molar-refractivity contribution in [2.45, 2.75) is 17.4 Å². The average Bonchev–Trinajstić information content (AvgIpc) is 2.38. The number of aliphatic carboxylic acids is 1. The lowest BCUT2D eigenvalue weighted by molar-refractivity contribution is -0.385. The molecule has 0 aliphatic rings. The number of carbonyl (C=O) groups is 1. The molecule has 0 unspecified atom stereocenters. The molecular formula is C10H12N2O7S. The van der Waals surface area contributed by atoms with Crippen LogP contribution in [0.2, 0.25) is 0 Å². The number of non-ortho nitro benzene ring substituents is 1. The maximum atomic E-state index is 11.8. The number of aliphatic hydroxyl groups excluding tert-OH is 1. The number of nitrogens with zero attached hydrogens (tertiary/aromatic N) is 1. The van der Waals surface area contributed by atoms with Crippen molar-refractivity contribution in [2.75, 3.05) is 6.54 Å². The van der Waals surface area contributed by atoms with Gasteiger partial charge in [-0.25, -0.2) is 17.9 Å². The molecule has 0 fully saturated rings. The summed E-state index contributed by atoms with van der Waals surface area (Å²) in [6.45, 7) is -0.307. The van der Waals surface area contributed by atoms with Crippen molar-refractivity contribution in [3.63, 3.8) is 0 Å². The van der Waals surface area contributed by atoms with Crippen molar-refractivity contribution >= 4 is 21.7 Å². The van der Waals surface area contributed by atoms with Gasteiger partial charge in [-0.15, -0.1) is 0 Å². The third kappa shape index (κ3) is 4.26. The van der Waals surface area contributed by atoms with E-state index in [1.54, 1.807) is 0 Å². The first-order chi connectivity index (χ1) is 9.24. The topological polar surface area (TPSA) is 147 Å². The first-order valence-corrected chi connectivity index (χ1v) is 6.87. The zero-order valence-corrected chi connectivity index (χ0v) is 10.9. The Morgan fingerprint density at radius 3 is 2.65 bits per heavy atom. The molecule has 0 saturated heterocycles. The molecule has 1 aromatic rings. The molecule has 1 rings (SSSR count). The van der Waals surface area contributed by atoms with Crippen molar-refractivity contribution in [3.8, 4) is 0 Å². The molecule has 0 aliphatic heterocycles. The SMILES string of the molecule is O=C(O)[C@@H](O)CCNS(=O)(=O)c1cccc([N+](=O)[O-])c1. The van der Waals surface area contributed by atoms with Gasteiger partial charge >= 0.3 is 5.97 Å². The number of carboxylic acids is 1. The molecule has 0 heterocycles. The molecule has 0 spiro atoms. The van der Waals surface area contributed by atoms with E-state index in [9.17, 15) is 23.3 Å². The van der Waals surface area contributed by atoms with Gasteiger partial charge in [0.2, 0.25) is 10.0 Å². The highest BCUT2D eigenvalue weighted by Crippen LogP contribution is 2.17. The number of rotatable bonds is 7. The van der Waals surface area contributed by atoms with E-state index in [1.165, 1.54) is 12.1 Å². The molecule has 110 valence electrons. The Balaban J connectivity index is 2.76. The van der Waals surface area contributed by atoms with Gasteiger partial charge in [0.1, 0.15) is 0 Å². The van der Waals surface area contributed by atoms with Gasteiger partial charge in [-0.2, -0.15) is 0 Å². The second-order valence-corrected chi connectivity index (χ2v) is 5.56. The number of carboxylic acid groups (broad SMARTS) is 1. The molecule has 9 nitrogen and oxygen atoms in total. The Hall–Kier alpha value is -2.04. The summed E-state index contributed by atoms with van der Waals surface area (Å²) in [7, 11) is -4.00. The molecule has 3 N–H and O–H groups in total. The number of nitrogens with one attached hydrogen (secondary N) is 1. The molecule has 0 aliphatic carbocycles. The highest BCUT2D eigenvalue weighted by molar-refractivity contribution is 7.89. The van der Waals surface area contributed by atoms with Crippen LogP contribution in [0.25, 0.3) is 0 Å². The van der Waals surface area contributed by atoms with Gasteiger partial charge in [0, 0.05) is 18.7 Å². The van der Waals surface area contributed by atoms with Gasteiger partial charge in [-0.3, -0.25) is 10.1 Å². The van der Waals surface area contributed by atoms with E-state index in [-0.39, 0.29) is 23.5 Å². The Labute approximate surface area is 114 Å². The van der Waals surface area contributed by atoms with Gasteiger partial charge in [0.15, 0.2) is 6.10 Å². The molecule has 0 bridgehead atoms. The van der Waals surface area contributed by atoms with Crippen molar-refractivity contribution in [1.29, 1.82) is 0 Å². The second-order valence-electron chi connectivity index (χ2n) is 3.79. The van der Waals surface area contributed by atoms with Crippen LogP contribution in [0, 0.1) is 10.1 Å². The summed E-state index contributed by atoms with van der Waals surface area (Å²) in [6, 6.07) is 4.42. The van der Waals surface area contributed by atoms with Crippen molar-refractivity contribution in [3.05, 3.63) is 34.4 Å². The van der Waals surface area contributed by atoms with Crippen molar-refractivity contribution in [2.24, 2.45) is 0 Å². The summed E-state index contributed by atoms with van der Waals surface area (Å²) in [4.78, 5) is 19.9. The zero-order valence-electron chi connectivity index (χ0n) is 10.1. The highest BCUT2D eigenvalue weighted by Gasteiger charge is 2.19. The number of nitro benzene ring substituents is 1. The molecule has 1 atom stereocenters. The maximum absolute atomic E-state index is 11.8. The third-order valence-electron chi connectivity index (χ3n) is 2.33. The van der Waals surface area contributed by atoms with Crippen LogP contribution >= 0.6 is 0 Å². The average molecular weight is 304 g/mol. The van der Waals surface area contributed by atoms with Crippen LogP contribution in [0.4, 0.5) is 5.69 Å². The molecule has 20 heavy (non-hydrogen) atoms. The zero-order chi connectivity index (χ0) is 15.3. The number of hydrogen-bond acceptors (Lipinski definition) is 6. The quantitative estimate of drug-likeness (QED) is 0.463. The van der Waals surface area contributed by atoms with Crippen molar-refractivity contribution < 1.29 is 28.3 Å². The summed E-state index contributed by atoms with van der Waals surface area (Å²) >= 11 is 0. The third-order valence-corrected chi connectivity index (χ3v) is 3.79. The fraction of sp³-hybridized carbons (Fsp3) is 0.300. The van der Waals surface area contributed by atoms with Crippen LogP contribution in [0.3, 0.4) is 0 Å². The molecular weight excluding hydrogens is 292 g/mol. The Morgan fingerprint density at radius 1 is 1.45 bits per heavy atom. The van der Waals surface area contributed by atoms with Gasteiger partial charge < -0.3 is 10.2 Å². The smallest absolute Gasteiger partial charge is 0.332 e. The first-order valence-electron chi connectivity index (χ1n) is 5.39. The minimum absolute atomic E-state index is 0.307. The van der Waals surface area contributed by atoms with E-state index in [2.05, 4.69) is 4.72 Å². The van der Waals surface area contributed by atoms with Crippen LogP contribution in [-0.4, -0.2) is 42.2 Å². The number of hydrogen-bond donors (Lipinski definition) is 3. The number of benzene rings is 1. The van der Waals surface area contributed by atoms with Gasteiger partial charge in [0.25, 0.3) is 5.69 Å². The van der Waals surface area contributed by atoms with E-state index < -0.39 is 27.0 Å². The molecule has 0 aromatic heterocycles. The molecule has 0 saturated carbocycles. The highest BCUT2D eigenvalue weighted by atomic mass is 32.2. The minimum atomic E-state index is -4.00. The summed E-state index contributed by atoms with van der Waals surface area (Å²) in [5.74, 6) is -1.46. The Bertz CT molecular complexity index is 614. The fourth-order valence-corrected chi connectivity index (χ4v) is 2.39. The van der Waals surface area contributed by atoms with E-state index >= 15 is 0 Å². The normalized spacial score (nSPS) is 12.8. The number of nitro groups is 1. The summed E-state index contributed by atoms with van der Waals surface area (Å²) in [5.41, 5.74) is -0.376. The molecule has 0 amide bonds. The van der Waals surface area contributed by atoms with Gasteiger partial charge in [-0.05, 0) is 12.5 Å². The fourth-order valence-electron chi connectivity index (χ4n) is 1.30. The summed E-state index contributed by atoms with van der Waals surface area (Å²) in [5, 5.41) is 28.0.